The summed E-state index contributed by atoms with van der Waals surface area (Å²) in [5, 5.41) is 3.06. The van der Waals surface area contributed by atoms with Gasteiger partial charge in [0.15, 0.2) is 0 Å². The van der Waals surface area contributed by atoms with E-state index in [0.717, 1.165) is 17.1 Å². The molecule has 1 N–H and O–H groups in total. The molecule has 0 atom stereocenters. The largest absolute Gasteiger partial charge is 0.387 e. The third-order valence-electron chi connectivity index (χ3n) is 1.49. The molecule has 1 aromatic heterocycles. The van der Waals surface area contributed by atoms with Crippen LogP contribution in [0.5, 0.6) is 0 Å². The van der Waals surface area contributed by atoms with Gasteiger partial charge in [-0.2, -0.15) is 0 Å². The molecular weight excluding hydrogens is 124 g/mol. The molecular formula is C8H12N2. The molecule has 0 aliphatic rings. The van der Waals surface area contributed by atoms with E-state index in [2.05, 4.69) is 10.3 Å². The molecule has 0 aliphatic carbocycles. The van der Waals surface area contributed by atoms with Gasteiger partial charge in [-0.1, -0.05) is 0 Å². The Bertz CT molecular complexity index is 231. The van der Waals surface area contributed by atoms with E-state index < -0.39 is 0 Å². The van der Waals surface area contributed by atoms with Gasteiger partial charge in [0.1, 0.15) is 0 Å². The summed E-state index contributed by atoms with van der Waals surface area (Å²) >= 11 is 0. The third-order valence-corrected chi connectivity index (χ3v) is 1.49. The number of rotatable bonds is 1. The Hall–Kier alpha value is -1.05. The van der Waals surface area contributed by atoms with Gasteiger partial charge >= 0.3 is 0 Å². The average molecular weight is 136 g/mol. The van der Waals surface area contributed by atoms with Crippen molar-refractivity contribution in [2.24, 2.45) is 0 Å². The highest BCUT2D eigenvalue weighted by Crippen LogP contribution is 2.10. The summed E-state index contributed by atoms with van der Waals surface area (Å²) in [6, 6.07) is 4.04. The number of pyridine rings is 1. The van der Waals surface area contributed by atoms with Crippen molar-refractivity contribution >= 4 is 5.69 Å². The van der Waals surface area contributed by atoms with Crippen molar-refractivity contribution in [1.29, 1.82) is 0 Å². The minimum atomic E-state index is 1.06. The smallest absolute Gasteiger partial charge is 0.0606 e. The van der Waals surface area contributed by atoms with Crippen LogP contribution in [-0.2, 0) is 0 Å². The molecule has 0 bridgehead atoms. The summed E-state index contributed by atoms with van der Waals surface area (Å²) in [5.41, 5.74) is 3.23. The van der Waals surface area contributed by atoms with Crippen LogP contribution in [-0.4, -0.2) is 12.0 Å². The first kappa shape index (κ1) is 7.06. The Morgan fingerprint density at radius 2 is 2.00 bits per heavy atom. The molecule has 1 aromatic rings. The lowest BCUT2D eigenvalue weighted by Crippen LogP contribution is -1.94. The first-order valence-corrected chi connectivity index (χ1v) is 3.36. The van der Waals surface area contributed by atoms with Gasteiger partial charge in [0.2, 0.25) is 0 Å². The lowest BCUT2D eigenvalue weighted by Gasteiger charge is -2.03. The second-order valence-corrected chi connectivity index (χ2v) is 2.34. The van der Waals surface area contributed by atoms with Crippen LogP contribution >= 0.6 is 0 Å². The van der Waals surface area contributed by atoms with Crippen LogP contribution in [0.1, 0.15) is 11.4 Å². The van der Waals surface area contributed by atoms with Gasteiger partial charge in [-0.3, -0.25) is 4.98 Å². The maximum atomic E-state index is 4.28. The molecule has 0 spiro atoms. The highest BCUT2D eigenvalue weighted by molar-refractivity contribution is 5.46. The summed E-state index contributed by atoms with van der Waals surface area (Å²) < 4.78 is 0. The number of hydrogen-bond acceptors (Lipinski definition) is 2. The van der Waals surface area contributed by atoms with Crippen molar-refractivity contribution in [1.82, 2.24) is 4.98 Å². The van der Waals surface area contributed by atoms with Gasteiger partial charge in [0.25, 0.3) is 0 Å². The van der Waals surface area contributed by atoms with Crippen molar-refractivity contribution in [2.45, 2.75) is 13.8 Å². The van der Waals surface area contributed by atoms with E-state index in [1.54, 1.807) is 0 Å². The molecule has 0 saturated heterocycles. The number of anilines is 1. The zero-order valence-electron chi connectivity index (χ0n) is 6.60. The van der Waals surface area contributed by atoms with Crippen molar-refractivity contribution < 1.29 is 0 Å². The van der Waals surface area contributed by atoms with E-state index >= 15 is 0 Å². The normalized spacial score (nSPS) is 9.50. The predicted molar refractivity (Wildman–Crippen MR) is 43.3 cm³/mol. The van der Waals surface area contributed by atoms with Gasteiger partial charge < -0.3 is 5.32 Å². The molecule has 0 fully saturated rings. The molecule has 2 nitrogen and oxygen atoms in total. The van der Waals surface area contributed by atoms with Crippen LogP contribution < -0.4 is 5.32 Å². The van der Waals surface area contributed by atoms with Gasteiger partial charge in [0.05, 0.1) is 11.4 Å². The summed E-state index contributed by atoms with van der Waals surface area (Å²) in [4.78, 5) is 4.28. The molecule has 0 amide bonds. The van der Waals surface area contributed by atoms with E-state index in [4.69, 9.17) is 0 Å². The van der Waals surface area contributed by atoms with Gasteiger partial charge in [-0.05, 0) is 26.0 Å². The monoisotopic (exact) mass is 136 g/mol. The lowest BCUT2D eigenvalue weighted by atomic mass is 10.3. The number of aromatic nitrogens is 1. The zero-order valence-corrected chi connectivity index (χ0v) is 6.60. The van der Waals surface area contributed by atoms with Crippen molar-refractivity contribution in [3.8, 4) is 0 Å². The molecule has 54 valence electrons. The maximum absolute atomic E-state index is 4.28. The highest BCUT2D eigenvalue weighted by atomic mass is 14.9. The fourth-order valence-corrected chi connectivity index (χ4v) is 0.951. The predicted octanol–water partition coefficient (Wildman–Crippen LogP) is 1.74. The van der Waals surface area contributed by atoms with Crippen LogP contribution in [0.4, 0.5) is 5.69 Å². The topological polar surface area (TPSA) is 24.9 Å². The van der Waals surface area contributed by atoms with Crippen LogP contribution in [0.15, 0.2) is 12.1 Å². The highest BCUT2D eigenvalue weighted by Gasteiger charge is 1.94. The lowest BCUT2D eigenvalue weighted by molar-refractivity contribution is 1.12. The third kappa shape index (κ3) is 1.26. The summed E-state index contributed by atoms with van der Waals surface area (Å²) in [6.45, 7) is 3.99. The van der Waals surface area contributed by atoms with Crippen LogP contribution in [0.25, 0.3) is 0 Å². The van der Waals surface area contributed by atoms with E-state index in [1.807, 2.05) is 33.0 Å². The molecule has 1 rings (SSSR count). The number of hydrogen-bond donors (Lipinski definition) is 1. The molecule has 0 radical (unpaired) electrons. The number of aryl methyl sites for hydroxylation is 2. The summed E-state index contributed by atoms with van der Waals surface area (Å²) in [6.07, 6.45) is 0. The second kappa shape index (κ2) is 2.69. The Morgan fingerprint density at radius 1 is 1.30 bits per heavy atom. The van der Waals surface area contributed by atoms with Crippen molar-refractivity contribution in [2.75, 3.05) is 12.4 Å². The van der Waals surface area contributed by atoms with Crippen LogP contribution in [0, 0.1) is 13.8 Å². The number of nitrogens with one attached hydrogen (secondary N) is 1. The first-order valence-electron chi connectivity index (χ1n) is 3.36. The average Bonchev–Trinajstić information content (AvgIpc) is 1.88. The van der Waals surface area contributed by atoms with Crippen LogP contribution in [0.3, 0.4) is 0 Å². The molecule has 10 heavy (non-hydrogen) atoms. The van der Waals surface area contributed by atoms with E-state index in [9.17, 15) is 0 Å². The molecule has 0 aromatic carbocycles. The molecule has 0 aliphatic heterocycles. The molecule has 1 heterocycles. The minimum Gasteiger partial charge on any atom is -0.387 e. The first-order chi connectivity index (χ1) is 4.74. The van der Waals surface area contributed by atoms with Gasteiger partial charge in [-0.15, -0.1) is 0 Å². The van der Waals surface area contributed by atoms with Crippen molar-refractivity contribution in [3.05, 3.63) is 23.5 Å². The second-order valence-electron chi connectivity index (χ2n) is 2.34. The van der Waals surface area contributed by atoms with Gasteiger partial charge in [-0.25, -0.2) is 0 Å². The fourth-order valence-electron chi connectivity index (χ4n) is 0.951. The van der Waals surface area contributed by atoms with E-state index in [1.165, 1.54) is 0 Å². The van der Waals surface area contributed by atoms with Gasteiger partial charge in [0, 0.05) is 12.7 Å². The van der Waals surface area contributed by atoms with E-state index in [0.29, 0.717) is 0 Å². The van der Waals surface area contributed by atoms with Crippen LogP contribution in [0.2, 0.25) is 0 Å². The minimum absolute atomic E-state index is 1.06. The maximum Gasteiger partial charge on any atom is 0.0606 e. The fraction of sp³-hybridized carbons (Fsp3) is 0.375. The molecule has 0 unspecified atom stereocenters. The number of nitrogens with zero attached hydrogens (tertiary/aromatic N) is 1. The Kier molecular flexibility index (Phi) is 1.90. The van der Waals surface area contributed by atoms with E-state index in [-0.39, 0.29) is 0 Å². The Morgan fingerprint density at radius 3 is 2.50 bits per heavy atom. The van der Waals surface area contributed by atoms with Crippen molar-refractivity contribution in [3.63, 3.8) is 0 Å². The summed E-state index contributed by atoms with van der Waals surface area (Å²) in [5.74, 6) is 0. The Labute approximate surface area is 61.3 Å². The quantitative estimate of drug-likeness (QED) is 0.636. The summed E-state index contributed by atoms with van der Waals surface area (Å²) in [7, 11) is 1.90. The zero-order chi connectivity index (χ0) is 7.56. The molecule has 2 heteroatoms. The molecule has 0 saturated carbocycles. The standard InChI is InChI=1S/C8H12N2/c1-6-4-5-8(9-3)7(2)10-6/h4-5,9H,1-3H3. The SMILES string of the molecule is CNc1ccc(C)nc1C. The Balaban J connectivity index is 3.07.